The van der Waals surface area contributed by atoms with Gasteiger partial charge in [-0.3, -0.25) is 37.3 Å². The third-order valence-electron chi connectivity index (χ3n) is 19.2. The topological polar surface area (TPSA) is 237 Å². The van der Waals surface area contributed by atoms with Gasteiger partial charge in [0.1, 0.15) is 19.3 Å². The molecule has 0 radical (unpaired) electrons. The Hall–Kier alpha value is -1.94. The van der Waals surface area contributed by atoms with Gasteiger partial charge in [0.05, 0.1) is 26.4 Å². The van der Waals surface area contributed by atoms with Crippen molar-refractivity contribution >= 4 is 39.5 Å². The highest BCUT2D eigenvalue weighted by atomic mass is 31.2. The molecule has 0 bridgehead atoms. The van der Waals surface area contributed by atoms with E-state index in [0.717, 1.165) is 108 Å². The van der Waals surface area contributed by atoms with E-state index in [-0.39, 0.29) is 25.7 Å². The summed E-state index contributed by atoms with van der Waals surface area (Å²) >= 11 is 0. The summed E-state index contributed by atoms with van der Waals surface area (Å²) in [5.41, 5.74) is 0. The average molecular weight is 1470 g/mol. The Bertz CT molecular complexity index is 1940. The van der Waals surface area contributed by atoms with Crippen LogP contribution in [-0.2, 0) is 65.4 Å². The molecule has 0 aromatic heterocycles. The Kier molecular flexibility index (Phi) is 69.9. The number of hydrogen-bond acceptors (Lipinski definition) is 15. The SMILES string of the molecule is CCCCCCCCCCCCCCCCCC(=O)OC[C@H](COP(=O)(O)OC[C@@H](O)COP(=O)(O)OC[C@@H](COC(=O)CCCCCCCCCCCC(C)C)OC(=O)CCCCCCCCCCCCC(C)CC)OC(=O)CCCCCCCCCCCCCCCCCCC(C)C. The summed E-state index contributed by atoms with van der Waals surface area (Å²) in [6, 6.07) is 0. The highest BCUT2D eigenvalue weighted by molar-refractivity contribution is 7.47. The van der Waals surface area contributed by atoms with Crippen molar-refractivity contribution in [2.75, 3.05) is 39.6 Å². The number of phosphoric ester groups is 2. The molecule has 0 heterocycles. The fraction of sp³-hybridized carbons (Fsp3) is 0.951. The highest BCUT2D eigenvalue weighted by Gasteiger charge is 2.30. The Morgan fingerprint density at radius 2 is 0.510 bits per heavy atom. The molecule has 0 aromatic carbocycles. The molecule has 0 saturated heterocycles. The number of hydrogen-bond donors (Lipinski definition) is 3. The van der Waals surface area contributed by atoms with Crippen molar-refractivity contribution in [2.24, 2.45) is 17.8 Å². The van der Waals surface area contributed by atoms with Gasteiger partial charge in [0.15, 0.2) is 12.2 Å². The molecule has 3 N–H and O–H groups in total. The second kappa shape index (κ2) is 71.3. The maximum Gasteiger partial charge on any atom is 0.472 e. The van der Waals surface area contributed by atoms with Crippen molar-refractivity contribution in [3.63, 3.8) is 0 Å². The monoisotopic (exact) mass is 1470 g/mol. The van der Waals surface area contributed by atoms with Gasteiger partial charge in [-0.25, -0.2) is 9.13 Å². The maximum absolute atomic E-state index is 13.1. The van der Waals surface area contributed by atoms with Crippen LogP contribution in [0.4, 0.5) is 0 Å². The van der Waals surface area contributed by atoms with Crippen LogP contribution in [0.15, 0.2) is 0 Å². The lowest BCUT2D eigenvalue weighted by Gasteiger charge is -2.21. The van der Waals surface area contributed by atoms with E-state index in [2.05, 4.69) is 48.5 Å². The Balaban J connectivity index is 5.26. The quantitative estimate of drug-likeness (QED) is 0.0222. The smallest absolute Gasteiger partial charge is 0.462 e. The van der Waals surface area contributed by atoms with E-state index in [1.54, 1.807) is 0 Å². The van der Waals surface area contributed by atoms with Crippen LogP contribution in [0.25, 0.3) is 0 Å². The zero-order valence-electron chi connectivity index (χ0n) is 65.7. The van der Waals surface area contributed by atoms with E-state index in [1.807, 2.05) is 0 Å². The molecule has 3 unspecified atom stereocenters. The first-order valence-electron chi connectivity index (χ1n) is 41.9. The molecule has 0 rings (SSSR count). The summed E-state index contributed by atoms with van der Waals surface area (Å²) in [4.78, 5) is 73.1. The van der Waals surface area contributed by atoms with Crippen LogP contribution >= 0.6 is 15.6 Å². The molecular weight excluding hydrogens is 1310 g/mol. The second-order valence-corrected chi connectivity index (χ2v) is 33.3. The zero-order valence-corrected chi connectivity index (χ0v) is 67.5. The summed E-state index contributed by atoms with van der Waals surface area (Å²) < 4.78 is 68.8. The molecule has 100 heavy (non-hydrogen) atoms. The molecule has 0 aromatic rings. The largest absolute Gasteiger partial charge is 0.472 e. The number of unbranched alkanes of at least 4 members (excludes halogenated alkanes) is 46. The summed E-state index contributed by atoms with van der Waals surface area (Å²) in [5, 5.41) is 10.6. The number of phosphoric acid groups is 2. The van der Waals surface area contributed by atoms with Crippen molar-refractivity contribution in [1.29, 1.82) is 0 Å². The molecule has 594 valence electrons. The summed E-state index contributed by atoms with van der Waals surface area (Å²) in [6.45, 7) is 12.0. The minimum atomic E-state index is -4.96. The van der Waals surface area contributed by atoms with Crippen LogP contribution in [0.5, 0.6) is 0 Å². The van der Waals surface area contributed by atoms with E-state index in [0.29, 0.717) is 25.7 Å². The van der Waals surface area contributed by atoms with Gasteiger partial charge >= 0.3 is 39.5 Å². The van der Waals surface area contributed by atoms with Crippen molar-refractivity contribution in [3.05, 3.63) is 0 Å². The van der Waals surface area contributed by atoms with Gasteiger partial charge in [0.2, 0.25) is 0 Å². The third kappa shape index (κ3) is 73.0. The highest BCUT2D eigenvalue weighted by Crippen LogP contribution is 2.45. The van der Waals surface area contributed by atoms with Crippen LogP contribution in [0.2, 0.25) is 0 Å². The first-order valence-corrected chi connectivity index (χ1v) is 44.9. The molecule has 6 atom stereocenters. The fourth-order valence-electron chi connectivity index (χ4n) is 12.5. The lowest BCUT2D eigenvalue weighted by molar-refractivity contribution is -0.161. The number of aliphatic hydroxyl groups is 1. The number of carbonyl (C=O) groups is 4. The number of esters is 4. The Labute approximate surface area is 613 Å². The van der Waals surface area contributed by atoms with Gasteiger partial charge in [-0.05, 0) is 43.4 Å². The zero-order chi connectivity index (χ0) is 73.7. The lowest BCUT2D eigenvalue weighted by atomic mass is 9.99. The van der Waals surface area contributed by atoms with Gasteiger partial charge in [-0.2, -0.15) is 0 Å². The first-order chi connectivity index (χ1) is 48.3. The molecule has 0 aliphatic carbocycles. The van der Waals surface area contributed by atoms with Gasteiger partial charge in [0.25, 0.3) is 0 Å². The summed E-state index contributed by atoms with van der Waals surface area (Å²) in [7, 11) is -9.92. The normalized spacial score (nSPS) is 14.2. The predicted molar refractivity (Wildman–Crippen MR) is 409 cm³/mol. The second-order valence-electron chi connectivity index (χ2n) is 30.4. The molecule has 0 aliphatic rings. The van der Waals surface area contributed by atoms with E-state index < -0.39 is 97.5 Å². The first kappa shape index (κ1) is 98.1. The molecule has 0 spiro atoms. The van der Waals surface area contributed by atoms with E-state index in [4.69, 9.17) is 37.0 Å². The number of rotatable bonds is 79. The molecule has 0 fully saturated rings. The van der Waals surface area contributed by atoms with Crippen LogP contribution < -0.4 is 0 Å². The van der Waals surface area contributed by atoms with Gasteiger partial charge in [0, 0.05) is 25.7 Å². The summed E-state index contributed by atoms with van der Waals surface area (Å²) in [6.07, 6.45) is 59.5. The third-order valence-corrected chi connectivity index (χ3v) is 21.1. The van der Waals surface area contributed by atoms with Crippen molar-refractivity contribution < 1.29 is 80.2 Å². The van der Waals surface area contributed by atoms with Gasteiger partial charge in [-0.15, -0.1) is 0 Å². The van der Waals surface area contributed by atoms with Crippen molar-refractivity contribution in [1.82, 2.24) is 0 Å². The van der Waals surface area contributed by atoms with Gasteiger partial charge < -0.3 is 33.8 Å². The van der Waals surface area contributed by atoms with Crippen molar-refractivity contribution in [3.8, 4) is 0 Å². The van der Waals surface area contributed by atoms with E-state index in [9.17, 15) is 43.2 Å². The minimum absolute atomic E-state index is 0.106. The standard InChI is InChI=1S/C81H158O17P2/c1-8-10-11-12-13-14-15-16-19-23-26-34-41-48-55-62-78(83)91-68-76(97-80(85)64-57-50-43-35-27-24-21-18-17-20-22-25-31-38-45-52-59-72(3)4)70-95-99(87,88)93-66-75(82)67-94-100(89,90)96-71-77(69-92-79(84)63-56-49-42-37-30-32-39-46-53-60-73(5)6)98-81(86)65-58-51-44-36-29-28-33-40-47-54-61-74(7)9-2/h72-77,82H,8-71H2,1-7H3,(H,87,88)(H,89,90)/t74?,75-,76-,77-/m1/s1. The Morgan fingerprint density at radius 3 is 0.760 bits per heavy atom. The Morgan fingerprint density at radius 1 is 0.290 bits per heavy atom. The number of aliphatic hydroxyl groups excluding tert-OH is 1. The fourth-order valence-corrected chi connectivity index (χ4v) is 14.0. The number of carbonyl (C=O) groups excluding carboxylic acids is 4. The number of ether oxygens (including phenoxy) is 4. The molecule has 19 heteroatoms. The van der Waals surface area contributed by atoms with Crippen LogP contribution in [0.1, 0.15) is 421 Å². The molecule has 17 nitrogen and oxygen atoms in total. The molecule has 0 amide bonds. The van der Waals surface area contributed by atoms with Crippen LogP contribution in [-0.4, -0.2) is 96.7 Å². The molecular formula is C81H158O17P2. The average Bonchev–Trinajstić information content (AvgIpc) is 0.921. The molecule has 0 aliphatic heterocycles. The van der Waals surface area contributed by atoms with Crippen molar-refractivity contribution in [2.45, 2.75) is 439 Å². The van der Waals surface area contributed by atoms with Crippen LogP contribution in [0.3, 0.4) is 0 Å². The molecule has 0 saturated carbocycles. The summed E-state index contributed by atoms with van der Waals surface area (Å²) in [5.74, 6) is 0.246. The predicted octanol–water partition coefficient (Wildman–Crippen LogP) is 24.1. The lowest BCUT2D eigenvalue weighted by Crippen LogP contribution is -2.30. The van der Waals surface area contributed by atoms with Gasteiger partial charge in [-0.1, -0.05) is 370 Å². The van der Waals surface area contributed by atoms with E-state index >= 15 is 0 Å². The maximum atomic E-state index is 13.1. The van der Waals surface area contributed by atoms with E-state index in [1.165, 1.54) is 231 Å². The minimum Gasteiger partial charge on any atom is -0.462 e. The van der Waals surface area contributed by atoms with Crippen LogP contribution in [0, 0.1) is 17.8 Å².